The fourth-order valence-electron chi connectivity index (χ4n) is 2.26. The third-order valence-electron chi connectivity index (χ3n) is 3.45. The molecule has 1 aromatic rings. The van der Waals surface area contributed by atoms with E-state index in [0.29, 0.717) is 12.1 Å². The van der Waals surface area contributed by atoms with Crippen LogP contribution in [0.1, 0.15) is 15.9 Å². The van der Waals surface area contributed by atoms with Crippen LogP contribution in [0.25, 0.3) is 0 Å². The number of nitrogen functional groups attached to an aromatic ring is 1. The van der Waals surface area contributed by atoms with Crippen LogP contribution in [0, 0.1) is 6.92 Å². The molecular formula is C14H22N4O2. The van der Waals surface area contributed by atoms with Crippen molar-refractivity contribution < 1.29 is 9.53 Å². The second kappa shape index (κ2) is 7.23. The predicted molar refractivity (Wildman–Crippen MR) is 78.6 cm³/mol. The first-order valence-electron chi connectivity index (χ1n) is 6.86. The minimum absolute atomic E-state index is 0.0423. The Balaban J connectivity index is 1.82. The van der Waals surface area contributed by atoms with E-state index in [2.05, 4.69) is 15.6 Å². The van der Waals surface area contributed by atoms with E-state index in [0.717, 1.165) is 44.1 Å². The molecule has 4 N–H and O–H groups in total. The largest absolute Gasteiger partial charge is 0.379 e. The number of amides is 1. The van der Waals surface area contributed by atoms with Crippen molar-refractivity contribution in [3.8, 4) is 0 Å². The van der Waals surface area contributed by atoms with E-state index in [4.69, 9.17) is 10.6 Å². The van der Waals surface area contributed by atoms with Gasteiger partial charge < -0.3 is 15.5 Å². The van der Waals surface area contributed by atoms with E-state index in [1.807, 2.05) is 13.0 Å². The number of morpholine rings is 1. The van der Waals surface area contributed by atoms with Gasteiger partial charge >= 0.3 is 0 Å². The third-order valence-corrected chi connectivity index (χ3v) is 3.45. The number of anilines is 1. The molecule has 0 radical (unpaired) electrons. The van der Waals surface area contributed by atoms with Crippen LogP contribution in [0.15, 0.2) is 18.2 Å². The Morgan fingerprint density at radius 3 is 2.80 bits per heavy atom. The number of nitrogens with zero attached hydrogens (tertiary/aromatic N) is 1. The average Bonchev–Trinajstić information content (AvgIpc) is 2.48. The number of hydrogen-bond donors (Lipinski definition) is 3. The third kappa shape index (κ3) is 3.93. The van der Waals surface area contributed by atoms with E-state index in [1.54, 1.807) is 12.1 Å². The highest BCUT2D eigenvalue weighted by atomic mass is 16.5. The summed E-state index contributed by atoms with van der Waals surface area (Å²) < 4.78 is 5.29. The molecule has 1 saturated heterocycles. The number of hydrogen-bond acceptors (Lipinski definition) is 5. The molecule has 2 rings (SSSR count). The molecular weight excluding hydrogens is 256 g/mol. The Morgan fingerprint density at radius 1 is 1.40 bits per heavy atom. The highest BCUT2D eigenvalue weighted by Crippen LogP contribution is 2.14. The lowest BCUT2D eigenvalue weighted by Crippen LogP contribution is -2.41. The van der Waals surface area contributed by atoms with Crippen molar-refractivity contribution in [2.45, 2.75) is 6.92 Å². The maximum atomic E-state index is 12.1. The molecule has 1 aromatic carbocycles. The molecule has 6 nitrogen and oxygen atoms in total. The van der Waals surface area contributed by atoms with Gasteiger partial charge in [0.1, 0.15) is 0 Å². The van der Waals surface area contributed by atoms with E-state index in [-0.39, 0.29) is 5.91 Å². The number of hydrazine groups is 1. The molecule has 0 unspecified atom stereocenters. The Morgan fingerprint density at radius 2 is 2.15 bits per heavy atom. The molecule has 110 valence electrons. The van der Waals surface area contributed by atoms with Crippen LogP contribution in [0.5, 0.6) is 0 Å². The fraction of sp³-hybridized carbons (Fsp3) is 0.500. The molecule has 0 atom stereocenters. The lowest BCUT2D eigenvalue weighted by molar-refractivity contribution is 0.0383. The van der Waals surface area contributed by atoms with E-state index in [1.165, 1.54) is 0 Å². The Hall–Kier alpha value is -1.63. The standard InChI is InChI=1S/C14H22N4O2/c1-11-10-12(17-15)2-3-13(11)14(19)16-4-5-18-6-8-20-9-7-18/h2-3,10,17H,4-9,15H2,1H3,(H,16,19). The number of carbonyl (C=O) groups is 1. The van der Waals surface area contributed by atoms with Gasteiger partial charge in [0.15, 0.2) is 0 Å². The molecule has 1 aliphatic rings. The van der Waals surface area contributed by atoms with Gasteiger partial charge in [-0.15, -0.1) is 0 Å². The minimum atomic E-state index is -0.0423. The number of rotatable bonds is 5. The van der Waals surface area contributed by atoms with Gasteiger partial charge in [-0.1, -0.05) is 0 Å². The van der Waals surface area contributed by atoms with Crippen LogP contribution >= 0.6 is 0 Å². The van der Waals surface area contributed by atoms with Gasteiger partial charge in [-0.2, -0.15) is 0 Å². The molecule has 20 heavy (non-hydrogen) atoms. The minimum Gasteiger partial charge on any atom is -0.379 e. The maximum Gasteiger partial charge on any atom is 0.251 e. The van der Waals surface area contributed by atoms with Crippen LogP contribution in [0.3, 0.4) is 0 Å². The summed E-state index contributed by atoms with van der Waals surface area (Å²) in [6.45, 7) is 6.84. The second-order valence-corrected chi connectivity index (χ2v) is 4.88. The summed E-state index contributed by atoms with van der Waals surface area (Å²) >= 11 is 0. The van der Waals surface area contributed by atoms with Crippen LogP contribution in [-0.4, -0.2) is 50.2 Å². The summed E-state index contributed by atoms with van der Waals surface area (Å²) in [6, 6.07) is 5.44. The molecule has 1 heterocycles. The molecule has 0 saturated carbocycles. The van der Waals surface area contributed by atoms with E-state index >= 15 is 0 Å². The predicted octanol–water partition coefficient (Wildman–Crippen LogP) is 0.343. The first-order valence-corrected chi connectivity index (χ1v) is 6.86. The van der Waals surface area contributed by atoms with Gasteiger partial charge in [-0.3, -0.25) is 15.5 Å². The Labute approximate surface area is 119 Å². The van der Waals surface area contributed by atoms with Gasteiger partial charge in [0, 0.05) is 37.4 Å². The zero-order valence-electron chi connectivity index (χ0n) is 11.8. The monoisotopic (exact) mass is 278 g/mol. The highest BCUT2D eigenvalue weighted by Gasteiger charge is 2.12. The van der Waals surface area contributed by atoms with Crippen molar-refractivity contribution in [2.75, 3.05) is 44.8 Å². The first-order chi connectivity index (χ1) is 9.70. The highest BCUT2D eigenvalue weighted by molar-refractivity contribution is 5.96. The zero-order chi connectivity index (χ0) is 14.4. The van der Waals surface area contributed by atoms with E-state index in [9.17, 15) is 4.79 Å². The number of benzene rings is 1. The summed E-state index contributed by atoms with van der Waals surface area (Å²) in [6.07, 6.45) is 0. The quantitative estimate of drug-likeness (QED) is 0.535. The topological polar surface area (TPSA) is 79.6 Å². The summed E-state index contributed by atoms with van der Waals surface area (Å²) in [7, 11) is 0. The molecule has 1 fully saturated rings. The SMILES string of the molecule is Cc1cc(NN)ccc1C(=O)NCCN1CCOCC1. The Bertz CT molecular complexity index is 458. The zero-order valence-corrected chi connectivity index (χ0v) is 11.8. The lowest BCUT2D eigenvalue weighted by atomic mass is 10.1. The van der Waals surface area contributed by atoms with Crippen LogP contribution in [0.4, 0.5) is 5.69 Å². The number of nitrogens with two attached hydrogens (primary N) is 1. The molecule has 0 aromatic heterocycles. The molecule has 6 heteroatoms. The lowest BCUT2D eigenvalue weighted by Gasteiger charge is -2.26. The fourth-order valence-corrected chi connectivity index (χ4v) is 2.26. The maximum absolute atomic E-state index is 12.1. The van der Waals surface area contributed by atoms with Gasteiger partial charge in [0.2, 0.25) is 0 Å². The Kier molecular flexibility index (Phi) is 5.34. The summed E-state index contributed by atoms with van der Waals surface area (Å²) in [5, 5.41) is 2.95. The van der Waals surface area contributed by atoms with Crippen molar-refractivity contribution in [1.82, 2.24) is 10.2 Å². The average molecular weight is 278 g/mol. The second-order valence-electron chi connectivity index (χ2n) is 4.88. The van der Waals surface area contributed by atoms with Crippen LogP contribution < -0.4 is 16.6 Å². The smallest absolute Gasteiger partial charge is 0.251 e. The van der Waals surface area contributed by atoms with E-state index < -0.39 is 0 Å². The van der Waals surface area contributed by atoms with Crippen molar-refractivity contribution in [3.05, 3.63) is 29.3 Å². The van der Waals surface area contributed by atoms with Gasteiger partial charge in [0.05, 0.1) is 13.2 Å². The molecule has 0 aliphatic carbocycles. The van der Waals surface area contributed by atoms with Crippen molar-refractivity contribution >= 4 is 11.6 Å². The van der Waals surface area contributed by atoms with Gasteiger partial charge in [0.25, 0.3) is 5.91 Å². The first kappa shape index (κ1) is 14.8. The van der Waals surface area contributed by atoms with Crippen LogP contribution in [0.2, 0.25) is 0 Å². The van der Waals surface area contributed by atoms with Crippen molar-refractivity contribution in [3.63, 3.8) is 0 Å². The van der Waals surface area contributed by atoms with Crippen LogP contribution in [-0.2, 0) is 4.74 Å². The van der Waals surface area contributed by atoms with Gasteiger partial charge in [-0.05, 0) is 30.7 Å². The molecule has 0 bridgehead atoms. The summed E-state index contributed by atoms with van der Waals surface area (Å²) in [5.41, 5.74) is 4.96. The van der Waals surface area contributed by atoms with Gasteiger partial charge in [-0.25, -0.2) is 0 Å². The molecule has 1 amide bonds. The molecule has 1 aliphatic heterocycles. The summed E-state index contributed by atoms with van der Waals surface area (Å²) in [4.78, 5) is 14.4. The summed E-state index contributed by atoms with van der Waals surface area (Å²) in [5.74, 6) is 5.30. The van der Waals surface area contributed by atoms with Crippen molar-refractivity contribution in [1.29, 1.82) is 0 Å². The number of aryl methyl sites for hydroxylation is 1. The molecule has 0 spiro atoms. The number of carbonyl (C=O) groups excluding carboxylic acids is 1. The number of ether oxygens (including phenoxy) is 1. The normalized spacial score (nSPS) is 15.9. The number of nitrogens with one attached hydrogen (secondary N) is 2. The van der Waals surface area contributed by atoms with Crippen molar-refractivity contribution in [2.24, 2.45) is 5.84 Å².